The van der Waals surface area contributed by atoms with E-state index >= 15 is 0 Å². The van der Waals surface area contributed by atoms with Crippen LogP contribution in [0.2, 0.25) is 0 Å². The van der Waals surface area contributed by atoms with Crippen LogP contribution in [-0.2, 0) is 0 Å². The Hall–Kier alpha value is -2.56. The summed E-state index contributed by atoms with van der Waals surface area (Å²) in [6.45, 7) is 4.24. The molecule has 0 spiro atoms. The average molecular weight is 297 g/mol. The summed E-state index contributed by atoms with van der Waals surface area (Å²) >= 11 is 0. The third kappa shape index (κ3) is 2.88. The zero-order chi connectivity index (χ0) is 15.5. The van der Waals surface area contributed by atoms with E-state index in [2.05, 4.69) is 4.98 Å². The number of aromatic amines is 1. The number of nitrogens with zero attached hydrogens (tertiary/aromatic N) is 2. The molecule has 2 amide bonds. The van der Waals surface area contributed by atoms with Crippen LogP contribution < -0.4 is 0 Å². The fraction of sp³-hybridized carbons (Fsp3) is 0.294. The lowest BCUT2D eigenvalue weighted by molar-refractivity contribution is 0.0532. The van der Waals surface area contributed by atoms with Gasteiger partial charge in [0.25, 0.3) is 11.8 Å². The Balaban J connectivity index is 1.62. The smallest absolute Gasteiger partial charge is 0.270 e. The predicted octanol–water partition coefficient (Wildman–Crippen LogP) is 1.92. The van der Waals surface area contributed by atoms with E-state index in [4.69, 9.17) is 0 Å². The van der Waals surface area contributed by atoms with Gasteiger partial charge in [0, 0.05) is 37.9 Å². The fourth-order valence-electron chi connectivity index (χ4n) is 2.71. The molecule has 1 fully saturated rings. The quantitative estimate of drug-likeness (QED) is 0.920. The third-order valence-electron chi connectivity index (χ3n) is 3.95. The van der Waals surface area contributed by atoms with Gasteiger partial charge in [0.1, 0.15) is 5.69 Å². The number of amides is 2. The van der Waals surface area contributed by atoms with Crippen molar-refractivity contribution in [1.82, 2.24) is 14.8 Å². The zero-order valence-corrected chi connectivity index (χ0v) is 12.6. The summed E-state index contributed by atoms with van der Waals surface area (Å²) in [5, 5.41) is 0. The first-order chi connectivity index (χ1) is 10.6. The minimum Gasteiger partial charge on any atom is -0.357 e. The van der Waals surface area contributed by atoms with Gasteiger partial charge >= 0.3 is 0 Å². The minimum absolute atomic E-state index is 0.00680. The molecule has 1 aliphatic heterocycles. The van der Waals surface area contributed by atoms with Gasteiger partial charge in [-0.3, -0.25) is 9.59 Å². The summed E-state index contributed by atoms with van der Waals surface area (Å²) in [5.41, 5.74) is 2.38. The molecule has 1 saturated heterocycles. The minimum atomic E-state index is -0.00680. The van der Waals surface area contributed by atoms with E-state index in [0.29, 0.717) is 37.4 Å². The molecule has 114 valence electrons. The first-order valence-electron chi connectivity index (χ1n) is 7.44. The van der Waals surface area contributed by atoms with Crippen molar-refractivity contribution in [2.75, 3.05) is 26.2 Å². The maximum Gasteiger partial charge on any atom is 0.270 e. The second-order valence-corrected chi connectivity index (χ2v) is 5.54. The molecule has 5 heteroatoms. The molecule has 0 unspecified atom stereocenters. The Bertz CT molecular complexity index is 671. The number of piperazine rings is 1. The second-order valence-electron chi connectivity index (χ2n) is 5.54. The molecule has 2 aromatic rings. The van der Waals surface area contributed by atoms with Gasteiger partial charge in [-0.25, -0.2) is 0 Å². The first kappa shape index (κ1) is 14.4. The summed E-state index contributed by atoms with van der Waals surface area (Å²) in [6, 6.07) is 11.2. The number of carbonyl (C=O) groups is 2. The van der Waals surface area contributed by atoms with E-state index in [1.165, 1.54) is 0 Å². The average Bonchev–Trinajstić information content (AvgIpc) is 3.08. The molecule has 0 aliphatic carbocycles. The molecule has 1 aromatic carbocycles. The van der Waals surface area contributed by atoms with E-state index in [1.807, 2.05) is 42.2 Å². The van der Waals surface area contributed by atoms with Crippen molar-refractivity contribution in [2.24, 2.45) is 0 Å². The Morgan fingerprint density at radius 1 is 0.955 bits per heavy atom. The largest absolute Gasteiger partial charge is 0.357 e. The van der Waals surface area contributed by atoms with Crippen molar-refractivity contribution >= 4 is 11.8 Å². The van der Waals surface area contributed by atoms with Gasteiger partial charge in [-0.2, -0.15) is 0 Å². The Morgan fingerprint density at radius 3 is 2.23 bits per heavy atom. The van der Waals surface area contributed by atoms with Crippen LogP contribution in [0.4, 0.5) is 0 Å². The number of aromatic nitrogens is 1. The second kappa shape index (κ2) is 6.05. The maximum absolute atomic E-state index is 12.5. The Morgan fingerprint density at radius 2 is 1.64 bits per heavy atom. The lowest BCUT2D eigenvalue weighted by Gasteiger charge is -2.34. The summed E-state index contributed by atoms with van der Waals surface area (Å²) in [4.78, 5) is 31.2. The summed E-state index contributed by atoms with van der Waals surface area (Å²) in [6.07, 6.45) is 1.74. The van der Waals surface area contributed by atoms with E-state index in [1.54, 1.807) is 17.2 Å². The van der Waals surface area contributed by atoms with Gasteiger partial charge in [0.05, 0.1) is 0 Å². The zero-order valence-electron chi connectivity index (χ0n) is 12.6. The fourth-order valence-corrected chi connectivity index (χ4v) is 2.71. The van der Waals surface area contributed by atoms with Crippen LogP contribution in [0.1, 0.15) is 26.4 Å². The number of hydrogen-bond donors (Lipinski definition) is 1. The van der Waals surface area contributed by atoms with Crippen LogP contribution >= 0.6 is 0 Å². The van der Waals surface area contributed by atoms with Crippen molar-refractivity contribution in [2.45, 2.75) is 6.92 Å². The standard InChI is InChI=1S/C17H19N3O2/c1-13-4-2-5-14(12-13)16(21)19-8-10-20(11-9-19)17(22)15-6-3-7-18-15/h2-7,12,18H,8-11H2,1H3. The number of benzene rings is 1. The van der Waals surface area contributed by atoms with Crippen LogP contribution in [0.5, 0.6) is 0 Å². The van der Waals surface area contributed by atoms with Crippen LogP contribution in [-0.4, -0.2) is 52.8 Å². The predicted molar refractivity (Wildman–Crippen MR) is 83.8 cm³/mol. The van der Waals surface area contributed by atoms with Gasteiger partial charge < -0.3 is 14.8 Å². The van der Waals surface area contributed by atoms with Gasteiger partial charge in [-0.05, 0) is 31.2 Å². The number of carbonyl (C=O) groups excluding carboxylic acids is 2. The topological polar surface area (TPSA) is 56.4 Å². The summed E-state index contributed by atoms with van der Waals surface area (Å²) in [5.74, 6) is 0.0309. The molecular weight excluding hydrogens is 278 g/mol. The molecule has 0 radical (unpaired) electrons. The first-order valence-corrected chi connectivity index (χ1v) is 7.44. The lowest BCUT2D eigenvalue weighted by atomic mass is 10.1. The van der Waals surface area contributed by atoms with Crippen molar-refractivity contribution in [3.05, 3.63) is 59.4 Å². The van der Waals surface area contributed by atoms with E-state index < -0.39 is 0 Å². The van der Waals surface area contributed by atoms with Crippen LogP contribution in [0.25, 0.3) is 0 Å². The number of H-pyrrole nitrogens is 1. The number of rotatable bonds is 2. The van der Waals surface area contributed by atoms with E-state index in [9.17, 15) is 9.59 Å². The Labute approximate surface area is 129 Å². The monoisotopic (exact) mass is 297 g/mol. The van der Waals surface area contributed by atoms with Gasteiger partial charge in [0.2, 0.25) is 0 Å². The highest BCUT2D eigenvalue weighted by atomic mass is 16.2. The highest BCUT2D eigenvalue weighted by Gasteiger charge is 2.25. The van der Waals surface area contributed by atoms with Crippen LogP contribution in [0.3, 0.4) is 0 Å². The summed E-state index contributed by atoms with van der Waals surface area (Å²) in [7, 11) is 0. The number of nitrogens with one attached hydrogen (secondary N) is 1. The van der Waals surface area contributed by atoms with Crippen molar-refractivity contribution in [3.63, 3.8) is 0 Å². The molecule has 2 heterocycles. The van der Waals surface area contributed by atoms with Gasteiger partial charge in [0.15, 0.2) is 0 Å². The number of aryl methyl sites for hydroxylation is 1. The molecule has 0 saturated carbocycles. The molecular formula is C17H19N3O2. The molecule has 1 aliphatic rings. The molecule has 1 N–H and O–H groups in total. The Kier molecular flexibility index (Phi) is 3.96. The highest BCUT2D eigenvalue weighted by Crippen LogP contribution is 2.12. The van der Waals surface area contributed by atoms with Crippen molar-refractivity contribution < 1.29 is 9.59 Å². The van der Waals surface area contributed by atoms with E-state index in [0.717, 1.165) is 5.56 Å². The van der Waals surface area contributed by atoms with Gasteiger partial charge in [-0.15, -0.1) is 0 Å². The SMILES string of the molecule is Cc1cccc(C(=O)N2CCN(C(=O)c3ccc[nH]3)CC2)c1. The normalized spacial score (nSPS) is 15.0. The third-order valence-corrected chi connectivity index (χ3v) is 3.95. The van der Waals surface area contributed by atoms with Crippen molar-refractivity contribution in [1.29, 1.82) is 0 Å². The molecule has 3 rings (SSSR count). The van der Waals surface area contributed by atoms with Crippen LogP contribution in [0, 0.1) is 6.92 Å². The molecule has 0 bridgehead atoms. The summed E-state index contributed by atoms with van der Waals surface area (Å²) < 4.78 is 0. The molecule has 0 atom stereocenters. The van der Waals surface area contributed by atoms with Crippen molar-refractivity contribution in [3.8, 4) is 0 Å². The van der Waals surface area contributed by atoms with Gasteiger partial charge in [-0.1, -0.05) is 17.7 Å². The highest BCUT2D eigenvalue weighted by molar-refractivity contribution is 5.95. The maximum atomic E-state index is 12.5. The molecule has 5 nitrogen and oxygen atoms in total. The lowest BCUT2D eigenvalue weighted by Crippen LogP contribution is -2.50. The van der Waals surface area contributed by atoms with E-state index in [-0.39, 0.29) is 11.8 Å². The molecule has 22 heavy (non-hydrogen) atoms. The van der Waals surface area contributed by atoms with Crippen LogP contribution in [0.15, 0.2) is 42.6 Å². The molecule has 1 aromatic heterocycles. The number of hydrogen-bond acceptors (Lipinski definition) is 2.